The molecule has 0 aromatic heterocycles. The zero-order valence-corrected chi connectivity index (χ0v) is 17.8. The van der Waals surface area contributed by atoms with E-state index >= 15 is 0 Å². The van der Waals surface area contributed by atoms with Gasteiger partial charge in [0.25, 0.3) is 0 Å². The maximum atomic E-state index is 11.9. The molecule has 5 nitrogen and oxygen atoms in total. The molecule has 7 heteroatoms. The minimum absolute atomic E-state index is 0. The Hall–Kier alpha value is -1.80. The van der Waals surface area contributed by atoms with E-state index in [1.807, 2.05) is 54.6 Å². The van der Waals surface area contributed by atoms with Crippen molar-refractivity contribution in [2.24, 2.45) is 4.99 Å². The first kappa shape index (κ1) is 22.2. The molecule has 0 saturated carbocycles. The first-order valence-electron chi connectivity index (χ1n) is 8.17. The molecule has 2 aromatic rings. The van der Waals surface area contributed by atoms with Gasteiger partial charge >= 0.3 is 0 Å². The van der Waals surface area contributed by atoms with E-state index in [4.69, 9.17) is 11.6 Å². The molecule has 0 heterocycles. The summed E-state index contributed by atoms with van der Waals surface area (Å²) in [5, 5.41) is 9.80. The lowest BCUT2D eigenvalue weighted by Crippen LogP contribution is -2.43. The molecular weight excluding hydrogens is 463 g/mol. The average molecular weight is 487 g/mol. The second-order valence-corrected chi connectivity index (χ2v) is 5.93. The summed E-state index contributed by atoms with van der Waals surface area (Å²) < 4.78 is 0. The fourth-order valence-electron chi connectivity index (χ4n) is 2.22. The highest BCUT2D eigenvalue weighted by Crippen LogP contribution is 2.09. The summed E-state index contributed by atoms with van der Waals surface area (Å²) >= 11 is 5.87. The summed E-state index contributed by atoms with van der Waals surface area (Å²) in [6.07, 6.45) is 0.845. The topological polar surface area (TPSA) is 65.5 Å². The lowest BCUT2D eigenvalue weighted by atomic mass is 10.1. The fraction of sp³-hybridized carbons (Fsp3) is 0.263. The van der Waals surface area contributed by atoms with Crippen molar-refractivity contribution in [2.75, 3.05) is 20.1 Å². The van der Waals surface area contributed by atoms with Crippen LogP contribution in [-0.4, -0.2) is 32.0 Å². The lowest BCUT2D eigenvalue weighted by molar-refractivity contribution is -0.120. The van der Waals surface area contributed by atoms with Gasteiger partial charge in [-0.15, -0.1) is 24.0 Å². The Labute approximate surface area is 176 Å². The van der Waals surface area contributed by atoms with E-state index in [-0.39, 0.29) is 36.4 Å². The van der Waals surface area contributed by atoms with Gasteiger partial charge in [0.2, 0.25) is 5.91 Å². The largest absolute Gasteiger partial charge is 0.356 e. The predicted octanol–water partition coefficient (Wildman–Crippen LogP) is 2.98. The molecule has 0 aliphatic rings. The molecule has 26 heavy (non-hydrogen) atoms. The van der Waals surface area contributed by atoms with Crippen molar-refractivity contribution in [1.82, 2.24) is 16.0 Å². The summed E-state index contributed by atoms with van der Waals surface area (Å²) in [6.45, 7) is 1.41. The van der Waals surface area contributed by atoms with Gasteiger partial charge in [0.15, 0.2) is 5.96 Å². The van der Waals surface area contributed by atoms with Gasteiger partial charge in [0, 0.05) is 25.2 Å². The van der Waals surface area contributed by atoms with Gasteiger partial charge in [-0.2, -0.15) is 0 Å². The number of aliphatic imine (C=N–C) groups is 1. The molecule has 3 N–H and O–H groups in total. The number of hydrogen-bond acceptors (Lipinski definition) is 2. The van der Waals surface area contributed by atoms with E-state index < -0.39 is 0 Å². The van der Waals surface area contributed by atoms with Gasteiger partial charge in [-0.25, -0.2) is 0 Å². The van der Waals surface area contributed by atoms with Crippen LogP contribution in [0.4, 0.5) is 0 Å². The van der Waals surface area contributed by atoms with E-state index in [0.717, 1.165) is 17.0 Å². The predicted molar refractivity (Wildman–Crippen MR) is 118 cm³/mol. The van der Waals surface area contributed by atoms with E-state index in [9.17, 15) is 4.79 Å². The zero-order valence-electron chi connectivity index (χ0n) is 14.7. The Bertz CT molecular complexity index is 692. The Balaban J connectivity index is 0.00000338. The van der Waals surface area contributed by atoms with Crippen LogP contribution in [0, 0.1) is 0 Å². The SMILES string of the molecule is CN=C(NCCc1ccc(Cl)cc1)NCC(=O)NCc1ccccc1.I. The van der Waals surface area contributed by atoms with Gasteiger partial charge in [-0.05, 0) is 29.7 Å². The second-order valence-electron chi connectivity index (χ2n) is 5.49. The lowest BCUT2D eigenvalue weighted by Gasteiger charge is -2.12. The monoisotopic (exact) mass is 486 g/mol. The van der Waals surface area contributed by atoms with E-state index in [1.54, 1.807) is 7.05 Å². The van der Waals surface area contributed by atoms with Crippen molar-refractivity contribution in [1.29, 1.82) is 0 Å². The third-order valence-corrected chi connectivity index (χ3v) is 3.84. The first-order valence-corrected chi connectivity index (χ1v) is 8.55. The molecule has 0 fully saturated rings. The quantitative estimate of drug-likeness (QED) is 0.320. The van der Waals surface area contributed by atoms with Gasteiger partial charge < -0.3 is 16.0 Å². The molecule has 0 unspecified atom stereocenters. The molecule has 0 saturated heterocycles. The van der Waals surface area contributed by atoms with Crippen molar-refractivity contribution in [2.45, 2.75) is 13.0 Å². The van der Waals surface area contributed by atoms with Gasteiger partial charge in [0.05, 0.1) is 6.54 Å². The number of nitrogens with one attached hydrogen (secondary N) is 3. The standard InChI is InChI=1S/C19H23ClN4O.HI/c1-21-19(22-12-11-15-7-9-17(20)10-8-15)24-14-18(25)23-13-16-5-3-2-4-6-16;/h2-10H,11-14H2,1H3,(H,23,25)(H2,21,22,24);1H. The number of guanidine groups is 1. The minimum Gasteiger partial charge on any atom is -0.356 e. The van der Waals surface area contributed by atoms with Crippen molar-refractivity contribution in [3.05, 3.63) is 70.7 Å². The number of halogens is 2. The van der Waals surface area contributed by atoms with Crippen LogP contribution >= 0.6 is 35.6 Å². The number of hydrogen-bond donors (Lipinski definition) is 3. The third-order valence-electron chi connectivity index (χ3n) is 3.59. The molecule has 0 atom stereocenters. The van der Waals surface area contributed by atoms with Gasteiger partial charge in [-0.1, -0.05) is 54.1 Å². The Morgan fingerprint density at radius 3 is 2.31 bits per heavy atom. The van der Waals surface area contributed by atoms with Crippen LogP contribution in [0.5, 0.6) is 0 Å². The van der Waals surface area contributed by atoms with Crippen LogP contribution in [0.3, 0.4) is 0 Å². The van der Waals surface area contributed by atoms with E-state index in [1.165, 1.54) is 5.56 Å². The molecule has 2 aromatic carbocycles. The van der Waals surface area contributed by atoms with E-state index in [0.29, 0.717) is 19.0 Å². The number of carbonyl (C=O) groups is 1. The number of nitrogens with zero attached hydrogens (tertiary/aromatic N) is 1. The number of benzene rings is 2. The molecular formula is C19H24ClIN4O. The maximum Gasteiger partial charge on any atom is 0.239 e. The molecule has 2 rings (SSSR count). The van der Waals surface area contributed by atoms with Crippen LogP contribution < -0.4 is 16.0 Å². The molecule has 0 bridgehead atoms. The molecule has 0 spiro atoms. The summed E-state index contributed by atoms with van der Waals surface area (Å²) in [4.78, 5) is 16.0. The number of rotatable bonds is 7. The Kier molecular flexibility index (Phi) is 10.7. The van der Waals surface area contributed by atoms with Crippen LogP contribution in [-0.2, 0) is 17.8 Å². The molecule has 0 radical (unpaired) electrons. The van der Waals surface area contributed by atoms with Gasteiger partial charge in [0.1, 0.15) is 0 Å². The fourth-order valence-corrected chi connectivity index (χ4v) is 2.35. The summed E-state index contributed by atoms with van der Waals surface area (Å²) in [5.41, 5.74) is 2.26. The van der Waals surface area contributed by atoms with Gasteiger partial charge in [-0.3, -0.25) is 9.79 Å². The van der Waals surface area contributed by atoms with Crippen molar-refractivity contribution in [3.8, 4) is 0 Å². The normalized spacial score (nSPS) is 10.6. The van der Waals surface area contributed by atoms with Crippen molar-refractivity contribution < 1.29 is 4.79 Å². The number of amides is 1. The van der Waals surface area contributed by atoms with E-state index in [2.05, 4.69) is 20.9 Å². The van der Waals surface area contributed by atoms with Crippen LogP contribution in [0.2, 0.25) is 5.02 Å². The molecule has 1 amide bonds. The molecule has 0 aliphatic carbocycles. The van der Waals surface area contributed by atoms with Crippen LogP contribution in [0.25, 0.3) is 0 Å². The maximum absolute atomic E-state index is 11.9. The highest BCUT2D eigenvalue weighted by molar-refractivity contribution is 14.0. The summed E-state index contributed by atoms with van der Waals surface area (Å²) in [6, 6.07) is 17.6. The smallest absolute Gasteiger partial charge is 0.239 e. The van der Waals surface area contributed by atoms with Crippen LogP contribution in [0.1, 0.15) is 11.1 Å². The first-order chi connectivity index (χ1) is 12.2. The molecule has 140 valence electrons. The Morgan fingerprint density at radius 1 is 0.962 bits per heavy atom. The summed E-state index contributed by atoms with van der Waals surface area (Å²) in [5.74, 6) is 0.522. The highest BCUT2D eigenvalue weighted by atomic mass is 127. The van der Waals surface area contributed by atoms with Crippen molar-refractivity contribution >= 4 is 47.4 Å². The average Bonchev–Trinajstić information content (AvgIpc) is 2.65. The minimum atomic E-state index is -0.0792. The Morgan fingerprint density at radius 2 is 1.65 bits per heavy atom. The zero-order chi connectivity index (χ0) is 17.9. The summed E-state index contributed by atoms with van der Waals surface area (Å²) in [7, 11) is 1.68. The highest BCUT2D eigenvalue weighted by Gasteiger charge is 2.03. The van der Waals surface area contributed by atoms with Crippen molar-refractivity contribution in [3.63, 3.8) is 0 Å². The molecule has 0 aliphatic heterocycles. The second kappa shape index (κ2) is 12.5. The number of carbonyl (C=O) groups excluding carboxylic acids is 1. The third kappa shape index (κ3) is 8.53. The van der Waals surface area contributed by atoms with Crippen LogP contribution in [0.15, 0.2) is 59.6 Å².